The number of nitrogens with zero attached hydrogens (tertiary/aromatic N) is 2. The fraction of sp³-hybridized carbons (Fsp3) is 0.0909. The molecule has 0 spiro atoms. The van der Waals surface area contributed by atoms with Gasteiger partial charge in [-0.1, -0.05) is 29.8 Å². The number of benzene rings is 1. The number of aromatic nitrogens is 2. The van der Waals surface area contributed by atoms with E-state index < -0.39 is 0 Å². The fourth-order valence-corrected chi connectivity index (χ4v) is 1.40. The second-order valence-corrected chi connectivity index (χ2v) is 3.61. The molecular weight excluding hydrogens is 242 g/mol. The van der Waals surface area contributed by atoms with Gasteiger partial charge in [-0.25, -0.2) is 4.98 Å². The van der Waals surface area contributed by atoms with Gasteiger partial charge in [0.1, 0.15) is 17.8 Å². The Hall–Kier alpha value is -1.85. The van der Waals surface area contributed by atoms with Crippen LogP contribution in [0.4, 0.5) is 5.69 Å². The first-order valence-corrected chi connectivity index (χ1v) is 5.22. The molecule has 6 heteroatoms. The molecule has 3 N–H and O–H groups in total. The van der Waals surface area contributed by atoms with Crippen molar-refractivity contribution >= 4 is 17.3 Å². The number of nitrogen functional groups attached to an aromatic ring is 1. The molecule has 0 atom stereocenters. The van der Waals surface area contributed by atoms with E-state index >= 15 is 0 Å². The van der Waals surface area contributed by atoms with E-state index in [0.29, 0.717) is 11.3 Å². The highest BCUT2D eigenvalue weighted by Gasteiger charge is 2.10. The van der Waals surface area contributed by atoms with Gasteiger partial charge in [0.2, 0.25) is 5.88 Å². The third-order valence-electron chi connectivity index (χ3n) is 2.15. The summed E-state index contributed by atoms with van der Waals surface area (Å²) < 4.78 is 5.49. The summed E-state index contributed by atoms with van der Waals surface area (Å²) in [5.41, 5.74) is 6.49. The van der Waals surface area contributed by atoms with Gasteiger partial charge in [-0.3, -0.25) is 0 Å². The van der Waals surface area contributed by atoms with Crippen molar-refractivity contribution < 1.29 is 9.84 Å². The maximum absolute atomic E-state index is 9.15. The molecule has 0 saturated carbocycles. The van der Waals surface area contributed by atoms with E-state index in [1.54, 1.807) is 24.3 Å². The quantitative estimate of drug-likeness (QED) is 0.816. The SMILES string of the molecule is Nc1c(Cl)ncnc1Oc1ccccc1CO. The number of ether oxygens (including phenoxy) is 1. The molecule has 88 valence electrons. The van der Waals surface area contributed by atoms with Crippen LogP contribution in [0.25, 0.3) is 0 Å². The maximum Gasteiger partial charge on any atom is 0.247 e. The number of halogens is 1. The summed E-state index contributed by atoms with van der Waals surface area (Å²) in [4.78, 5) is 7.61. The van der Waals surface area contributed by atoms with Crippen LogP contribution in [0.5, 0.6) is 11.6 Å². The van der Waals surface area contributed by atoms with E-state index in [1.807, 2.05) is 0 Å². The number of rotatable bonds is 3. The Morgan fingerprint density at radius 2 is 2.06 bits per heavy atom. The van der Waals surface area contributed by atoms with E-state index in [4.69, 9.17) is 27.2 Å². The molecule has 0 fully saturated rings. The van der Waals surface area contributed by atoms with Gasteiger partial charge in [0.05, 0.1) is 6.61 Å². The Bertz CT molecular complexity index is 534. The van der Waals surface area contributed by atoms with Crippen molar-refractivity contribution in [2.24, 2.45) is 0 Å². The van der Waals surface area contributed by atoms with Gasteiger partial charge in [0, 0.05) is 5.56 Å². The van der Waals surface area contributed by atoms with Gasteiger partial charge >= 0.3 is 0 Å². The lowest BCUT2D eigenvalue weighted by Crippen LogP contribution is -1.99. The van der Waals surface area contributed by atoms with Crippen molar-refractivity contribution in [2.45, 2.75) is 6.61 Å². The molecule has 0 radical (unpaired) electrons. The zero-order valence-electron chi connectivity index (χ0n) is 8.80. The van der Waals surface area contributed by atoms with Gasteiger partial charge < -0.3 is 15.6 Å². The molecule has 0 amide bonds. The van der Waals surface area contributed by atoms with Crippen molar-refractivity contribution in [1.29, 1.82) is 0 Å². The van der Waals surface area contributed by atoms with E-state index in [-0.39, 0.29) is 23.3 Å². The van der Waals surface area contributed by atoms with Crippen LogP contribution in [0.1, 0.15) is 5.56 Å². The Kier molecular flexibility index (Phi) is 3.41. The first-order valence-electron chi connectivity index (χ1n) is 4.85. The molecule has 0 unspecified atom stereocenters. The molecule has 1 aromatic carbocycles. The predicted molar refractivity (Wildman–Crippen MR) is 63.9 cm³/mol. The van der Waals surface area contributed by atoms with Crippen LogP contribution in [0.15, 0.2) is 30.6 Å². The van der Waals surface area contributed by atoms with Gasteiger partial charge in [-0.2, -0.15) is 4.98 Å². The van der Waals surface area contributed by atoms with Crippen molar-refractivity contribution in [2.75, 3.05) is 5.73 Å². The first kappa shape index (κ1) is 11.6. The number of hydrogen-bond acceptors (Lipinski definition) is 5. The zero-order chi connectivity index (χ0) is 12.3. The van der Waals surface area contributed by atoms with Gasteiger partial charge in [0.15, 0.2) is 5.15 Å². The lowest BCUT2D eigenvalue weighted by molar-refractivity contribution is 0.276. The Balaban J connectivity index is 2.35. The normalized spacial score (nSPS) is 10.2. The first-order chi connectivity index (χ1) is 8.22. The summed E-state index contributed by atoms with van der Waals surface area (Å²) in [5.74, 6) is 0.655. The van der Waals surface area contributed by atoms with Crippen LogP contribution in [0.3, 0.4) is 0 Å². The number of nitrogens with two attached hydrogens (primary N) is 1. The van der Waals surface area contributed by atoms with E-state index in [9.17, 15) is 0 Å². The zero-order valence-corrected chi connectivity index (χ0v) is 9.55. The fourth-order valence-electron chi connectivity index (χ4n) is 1.28. The predicted octanol–water partition coefficient (Wildman–Crippen LogP) is 2.00. The van der Waals surface area contributed by atoms with E-state index in [0.717, 1.165) is 0 Å². The number of aliphatic hydroxyl groups is 1. The molecule has 2 rings (SSSR count). The molecule has 0 aliphatic rings. The highest BCUT2D eigenvalue weighted by molar-refractivity contribution is 6.32. The summed E-state index contributed by atoms with van der Waals surface area (Å²) in [6.45, 7) is -0.130. The third kappa shape index (κ3) is 2.46. The third-order valence-corrected chi connectivity index (χ3v) is 2.45. The Labute approximate surface area is 103 Å². The molecule has 5 nitrogen and oxygen atoms in total. The Morgan fingerprint density at radius 1 is 1.29 bits per heavy atom. The van der Waals surface area contributed by atoms with Crippen molar-refractivity contribution in [1.82, 2.24) is 9.97 Å². The molecule has 2 aromatic rings. The van der Waals surface area contributed by atoms with E-state index in [1.165, 1.54) is 6.33 Å². The van der Waals surface area contributed by atoms with Crippen LogP contribution in [-0.4, -0.2) is 15.1 Å². The van der Waals surface area contributed by atoms with Gasteiger partial charge in [0.25, 0.3) is 0 Å². The van der Waals surface area contributed by atoms with Crippen LogP contribution in [0, 0.1) is 0 Å². The molecule has 0 aliphatic heterocycles. The van der Waals surface area contributed by atoms with Crippen LogP contribution < -0.4 is 10.5 Å². The molecule has 0 aliphatic carbocycles. The van der Waals surface area contributed by atoms with Crippen molar-refractivity contribution in [3.05, 3.63) is 41.3 Å². The van der Waals surface area contributed by atoms with Crippen LogP contribution in [-0.2, 0) is 6.61 Å². The second kappa shape index (κ2) is 4.99. The molecule has 0 saturated heterocycles. The summed E-state index contributed by atoms with van der Waals surface area (Å²) in [6.07, 6.45) is 1.26. The number of para-hydroxylation sites is 1. The standard InChI is InChI=1S/C11H10ClN3O2/c12-10-9(13)11(15-6-14-10)17-8-4-2-1-3-7(8)5-16/h1-4,6,16H,5,13H2. The average Bonchev–Trinajstić information content (AvgIpc) is 2.35. The summed E-state index contributed by atoms with van der Waals surface area (Å²) in [5, 5.41) is 9.29. The van der Waals surface area contributed by atoms with Crippen molar-refractivity contribution in [3.63, 3.8) is 0 Å². The minimum absolute atomic E-state index is 0.130. The molecule has 1 aromatic heterocycles. The van der Waals surface area contributed by atoms with Crippen molar-refractivity contribution in [3.8, 4) is 11.6 Å². The molecule has 0 bridgehead atoms. The van der Waals surface area contributed by atoms with Gasteiger partial charge in [-0.15, -0.1) is 0 Å². The van der Waals surface area contributed by atoms with Gasteiger partial charge in [-0.05, 0) is 6.07 Å². The topological polar surface area (TPSA) is 81.3 Å². The highest BCUT2D eigenvalue weighted by Crippen LogP contribution is 2.30. The number of hydrogen-bond donors (Lipinski definition) is 2. The molecular formula is C11H10ClN3O2. The lowest BCUT2D eigenvalue weighted by atomic mass is 10.2. The minimum atomic E-state index is -0.130. The summed E-state index contributed by atoms with van der Waals surface area (Å²) in [7, 11) is 0. The van der Waals surface area contributed by atoms with Crippen LogP contribution in [0.2, 0.25) is 5.15 Å². The van der Waals surface area contributed by atoms with E-state index in [2.05, 4.69) is 9.97 Å². The lowest BCUT2D eigenvalue weighted by Gasteiger charge is -2.10. The molecule has 1 heterocycles. The Morgan fingerprint density at radius 3 is 2.82 bits per heavy atom. The highest BCUT2D eigenvalue weighted by atomic mass is 35.5. The maximum atomic E-state index is 9.15. The minimum Gasteiger partial charge on any atom is -0.437 e. The number of anilines is 1. The average molecular weight is 252 g/mol. The number of aliphatic hydroxyl groups excluding tert-OH is 1. The molecule has 17 heavy (non-hydrogen) atoms. The second-order valence-electron chi connectivity index (χ2n) is 3.25. The summed E-state index contributed by atoms with van der Waals surface area (Å²) in [6, 6.07) is 7.04. The largest absolute Gasteiger partial charge is 0.437 e. The monoisotopic (exact) mass is 251 g/mol. The van der Waals surface area contributed by atoms with Crippen LogP contribution >= 0.6 is 11.6 Å². The summed E-state index contributed by atoms with van der Waals surface area (Å²) >= 11 is 5.75. The smallest absolute Gasteiger partial charge is 0.247 e.